The summed E-state index contributed by atoms with van der Waals surface area (Å²) >= 11 is 0. The summed E-state index contributed by atoms with van der Waals surface area (Å²) in [6.07, 6.45) is 1.90. The Morgan fingerprint density at radius 3 is 2.94 bits per heavy atom. The first kappa shape index (κ1) is 13.6. The molecule has 2 fully saturated rings. The molecular weight excluding hydrogens is 232 g/mol. The van der Waals surface area contributed by atoms with Crippen molar-refractivity contribution in [2.45, 2.75) is 51.8 Å². The lowest BCUT2D eigenvalue weighted by atomic mass is 9.57. The third kappa shape index (κ3) is 2.34. The summed E-state index contributed by atoms with van der Waals surface area (Å²) in [5, 5.41) is 14.7. The van der Waals surface area contributed by atoms with E-state index >= 15 is 0 Å². The number of carbonyl (C=O) groups is 1. The Labute approximate surface area is 108 Å². The molecule has 3 N–H and O–H groups in total. The van der Waals surface area contributed by atoms with Gasteiger partial charge in [-0.05, 0) is 19.8 Å². The SMILES string of the molecule is C[C@H](CCO)NC(=O)NC1C2CCOC2C1(C)C. The van der Waals surface area contributed by atoms with Gasteiger partial charge in [-0.3, -0.25) is 0 Å². The number of aliphatic hydroxyl groups is 1. The molecule has 4 atom stereocenters. The molecule has 104 valence electrons. The summed E-state index contributed by atoms with van der Waals surface area (Å²) in [7, 11) is 0. The maximum atomic E-state index is 11.9. The van der Waals surface area contributed by atoms with Crippen molar-refractivity contribution in [2.75, 3.05) is 13.2 Å². The van der Waals surface area contributed by atoms with Crippen LogP contribution in [0.2, 0.25) is 0 Å². The highest BCUT2D eigenvalue weighted by Crippen LogP contribution is 2.51. The average molecular weight is 256 g/mol. The van der Waals surface area contributed by atoms with Gasteiger partial charge >= 0.3 is 6.03 Å². The second kappa shape index (κ2) is 5.05. The molecule has 3 unspecified atom stereocenters. The van der Waals surface area contributed by atoms with Crippen LogP contribution in [-0.4, -0.2) is 42.5 Å². The van der Waals surface area contributed by atoms with Gasteiger partial charge in [0.05, 0.1) is 6.10 Å². The number of urea groups is 1. The number of rotatable bonds is 4. The van der Waals surface area contributed by atoms with Gasteiger partial charge in [0.2, 0.25) is 0 Å². The Balaban J connectivity index is 1.84. The summed E-state index contributed by atoms with van der Waals surface area (Å²) in [6.45, 7) is 7.07. The number of hydrogen-bond donors (Lipinski definition) is 3. The number of nitrogens with one attached hydrogen (secondary N) is 2. The number of fused-ring (bicyclic) bond motifs is 1. The molecule has 0 radical (unpaired) electrons. The minimum absolute atomic E-state index is 0.00573. The van der Waals surface area contributed by atoms with E-state index in [1.54, 1.807) is 0 Å². The molecule has 2 aliphatic rings. The van der Waals surface area contributed by atoms with E-state index in [1.165, 1.54) is 0 Å². The quantitative estimate of drug-likeness (QED) is 0.699. The number of aliphatic hydroxyl groups excluding tert-OH is 1. The van der Waals surface area contributed by atoms with E-state index in [9.17, 15) is 4.79 Å². The van der Waals surface area contributed by atoms with E-state index in [1.807, 2.05) is 6.92 Å². The van der Waals surface area contributed by atoms with Gasteiger partial charge in [-0.15, -0.1) is 0 Å². The zero-order valence-electron chi connectivity index (χ0n) is 11.4. The fourth-order valence-electron chi connectivity index (χ4n) is 3.29. The van der Waals surface area contributed by atoms with Gasteiger partial charge in [0, 0.05) is 36.6 Å². The second-order valence-corrected chi connectivity index (χ2v) is 6.07. The van der Waals surface area contributed by atoms with Crippen molar-refractivity contribution in [3.8, 4) is 0 Å². The minimum atomic E-state index is -0.139. The fraction of sp³-hybridized carbons (Fsp3) is 0.923. The standard InChI is InChI=1S/C13H24N2O3/c1-8(4-6-16)14-12(17)15-10-9-5-7-18-11(9)13(10,2)3/h8-11,16H,4-7H2,1-3H3,(H2,14,15,17)/t8-,9?,10?,11?/m1/s1. The third-order valence-electron chi connectivity index (χ3n) is 4.33. The maximum Gasteiger partial charge on any atom is 0.315 e. The molecule has 1 aliphatic heterocycles. The Bertz CT molecular complexity index is 319. The fourth-order valence-corrected chi connectivity index (χ4v) is 3.29. The smallest absolute Gasteiger partial charge is 0.315 e. The van der Waals surface area contributed by atoms with Crippen LogP contribution in [0.15, 0.2) is 0 Å². The molecule has 0 aromatic carbocycles. The van der Waals surface area contributed by atoms with E-state index in [2.05, 4.69) is 24.5 Å². The lowest BCUT2D eigenvalue weighted by molar-refractivity contribution is -0.108. The zero-order valence-corrected chi connectivity index (χ0v) is 11.4. The molecular formula is C13H24N2O3. The summed E-state index contributed by atoms with van der Waals surface area (Å²) in [5.74, 6) is 0.457. The highest BCUT2D eigenvalue weighted by Gasteiger charge is 2.59. The molecule has 2 amide bonds. The van der Waals surface area contributed by atoms with Gasteiger partial charge < -0.3 is 20.5 Å². The van der Waals surface area contributed by atoms with Gasteiger partial charge in [-0.25, -0.2) is 4.79 Å². The second-order valence-electron chi connectivity index (χ2n) is 6.07. The van der Waals surface area contributed by atoms with E-state index in [4.69, 9.17) is 9.84 Å². The molecule has 1 saturated heterocycles. The van der Waals surface area contributed by atoms with Crippen LogP contribution < -0.4 is 10.6 Å². The lowest BCUT2D eigenvalue weighted by Crippen LogP contribution is -2.68. The Morgan fingerprint density at radius 1 is 1.56 bits per heavy atom. The number of carbonyl (C=O) groups excluding carboxylic acids is 1. The van der Waals surface area contributed by atoms with Gasteiger partial charge in [0.1, 0.15) is 0 Å². The van der Waals surface area contributed by atoms with Crippen LogP contribution in [-0.2, 0) is 4.74 Å². The number of amides is 2. The predicted octanol–water partition coefficient (Wildman–Crippen LogP) is 0.870. The minimum Gasteiger partial charge on any atom is -0.396 e. The van der Waals surface area contributed by atoms with Crippen molar-refractivity contribution in [2.24, 2.45) is 11.3 Å². The number of hydrogen-bond acceptors (Lipinski definition) is 3. The first-order chi connectivity index (χ1) is 8.46. The first-order valence-electron chi connectivity index (χ1n) is 6.76. The third-order valence-corrected chi connectivity index (χ3v) is 4.33. The first-order valence-corrected chi connectivity index (χ1v) is 6.76. The van der Waals surface area contributed by atoms with E-state index in [-0.39, 0.29) is 36.2 Å². The van der Waals surface area contributed by atoms with E-state index in [0.717, 1.165) is 13.0 Å². The molecule has 0 aromatic rings. The van der Waals surface area contributed by atoms with Crippen LogP contribution in [0.25, 0.3) is 0 Å². The molecule has 18 heavy (non-hydrogen) atoms. The summed E-state index contributed by atoms with van der Waals surface area (Å²) < 4.78 is 5.69. The Morgan fingerprint density at radius 2 is 2.28 bits per heavy atom. The largest absolute Gasteiger partial charge is 0.396 e. The lowest BCUT2D eigenvalue weighted by Gasteiger charge is -2.54. The van der Waals surface area contributed by atoms with E-state index in [0.29, 0.717) is 12.3 Å². The van der Waals surface area contributed by atoms with Crippen LogP contribution >= 0.6 is 0 Å². The van der Waals surface area contributed by atoms with Crippen LogP contribution in [0.4, 0.5) is 4.79 Å². The van der Waals surface area contributed by atoms with Crippen LogP contribution in [0.3, 0.4) is 0 Å². The molecule has 5 heteroatoms. The van der Waals surface area contributed by atoms with Crippen molar-refractivity contribution in [3.05, 3.63) is 0 Å². The molecule has 0 bridgehead atoms. The molecule has 5 nitrogen and oxygen atoms in total. The average Bonchev–Trinajstić information content (AvgIpc) is 2.72. The summed E-state index contributed by atoms with van der Waals surface area (Å²) in [4.78, 5) is 11.9. The Hall–Kier alpha value is -0.810. The topological polar surface area (TPSA) is 70.6 Å². The molecule has 2 rings (SSSR count). The Kier molecular flexibility index (Phi) is 3.82. The zero-order chi connectivity index (χ0) is 13.3. The van der Waals surface area contributed by atoms with Crippen molar-refractivity contribution in [1.29, 1.82) is 0 Å². The van der Waals surface area contributed by atoms with Crippen molar-refractivity contribution in [1.82, 2.24) is 10.6 Å². The van der Waals surface area contributed by atoms with Crippen molar-refractivity contribution >= 4 is 6.03 Å². The number of ether oxygens (including phenoxy) is 1. The van der Waals surface area contributed by atoms with Crippen LogP contribution in [0.1, 0.15) is 33.6 Å². The van der Waals surface area contributed by atoms with Gasteiger partial charge in [-0.1, -0.05) is 13.8 Å². The highest BCUT2D eigenvalue weighted by atomic mass is 16.5. The van der Waals surface area contributed by atoms with Crippen molar-refractivity contribution in [3.63, 3.8) is 0 Å². The molecule has 1 aliphatic carbocycles. The van der Waals surface area contributed by atoms with Gasteiger partial charge in [-0.2, -0.15) is 0 Å². The maximum absolute atomic E-state index is 11.9. The normalized spacial score (nSPS) is 34.3. The highest BCUT2D eigenvalue weighted by molar-refractivity contribution is 5.75. The molecule has 1 heterocycles. The van der Waals surface area contributed by atoms with Crippen LogP contribution in [0.5, 0.6) is 0 Å². The molecule has 0 aromatic heterocycles. The summed E-state index contributed by atoms with van der Waals surface area (Å²) in [6, 6.07) is 0.0412. The van der Waals surface area contributed by atoms with Crippen molar-refractivity contribution < 1.29 is 14.6 Å². The summed E-state index contributed by atoms with van der Waals surface area (Å²) in [5.41, 5.74) is 0.0126. The predicted molar refractivity (Wildman–Crippen MR) is 68.2 cm³/mol. The monoisotopic (exact) mass is 256 g/mol. The molecule has 1 saturated carbocycles. The molecule has 0 spiro atoms. The van der Waals surface area contributed by atoms with E-state index < -0.39 is 0 Å². The van der Waals surface area contributed by atoms with Crippen LogP contribution in [0, 0.1) is 11.3 Å². The van der Waals surface area contributed by atoms with Gasteiger partial charge in [0.15, 0.2) is 0 Å². The van der Waals surface area contributed by atoms with Gasteiger partial charge in [0.25, 0.3) is 0 Å².